The van der Waals surface area contributed by atoms with Gasteiger partial charge in [-0.25, -0.2) is 9.59 Å². The number of benzene rings is 1. The SMILES string of the molecule is Cc1ccc(S(=O)(=O)OC[C@H]2C[C@@H](n3cc(C)c(=O)[nH]c3=O)CN2C(=O)OC(C)(C)C)cc1. The molecule has 3 rings (SSSR count). The van der Waals surface area contributed by atoms with E-state index in [0.29, 0.717) is 5.56 Å². The largest absolute Gasteiger partial charge is 0.444 e. The van der Waals surface area contributed by atoms with Gasteiger partial charge in [-0.3, -0.25) is 18.5 Å². The zero-order valence-electron chi connectivity index (χ0n) is 19.3. The third-order valence-corrected chi connectivity index (χ3v) is 6.58. The maximum Gasteiger partial charge on any atom is 0.410 e. The van der Waals surface area contributed by atoms with E-state index in [0.717, 1.165) is 5.56 Å². The topological polar surface area (TPSA) is 128 Å². The van der Waals surface area contributed by atoms with Crippen LogP contribution in [0.5, 0.6) is 0 Å². The molecule has 2 aromatic rings. The minimum absolute atomic E-state index is 0.0129. The number of aryl methyl sites for hydroxylation is 2. The molecule has 2 atom stereocenters. The molecule has 1 aliphatic heterocycles. The van der Waals surface area contributed by atoms with E-state index in [2.05, 4.69) is 4.98 Å². The first-order valence-corrected chi connectivity index (χ1v) is 12.0. The van der Waals surface area contributed by atoms with Gasteiger partial charge in [-0.05, 0) is 53.2 Å². The Kier molecular flexibility index (Phi) is 6.85. The number of carbonyl (C=O) groups excluding carboxylic acids is 1. The second-order valence-corrected chi connectivity index (χ2v) is 10.8. The summed E-state index contributed by atoms with van der Waals surface area (Å²) in [5.74, 6) is 0. The Balaban J connectivity index is 1.85. The van der Waals surface area contributed by atoms with Crippen molar-refractivity contribution in [2.24, 2.45) is 0 Å². The van der Waals surface area contributed by atoms with E-state index < -0.39 is 45.1 Å². The lowest BCUT2D eigenvalue weighted by molar-refractivity contribution is 0.0185. The van der Waals surface area contributed by atoms with Crippen LogP contribution in [0.15, 0.2) is 44.9 Å². The number of hydrogen-bond donors (Lipinski definition) is 1. The Hall–Kier alpha value is -2.92. The van der Waals surface area contributed by atoms with Crippen LogP contribution in [-0.2, 0) is 19.0 Å². The number of carbonyl (C=O) groups is 1. The molecular formula is C22H29N3O7S. The first kappa shape index (κ1) is 24.7. The summed E-state index contributed by atoms with van der Waals surface area (Å²) in [6.45, 7) is 8.38. The molecule has 2 heterocycles. The first-order chi connectivity index (χ1) is 15.3. The van der Waals surface area contributed by atoms with E-state index >= 15 is 0 Å². The zero-order chi connectivity index (χ0) is 24.6. The van der Waals surface area contributed by atoms with Crippen molar-refractivity contribution in [3.05, 3.63) is 62.4 Å². The van der Waals surface area contributed by atoms with Crippen molar-refractivity contribution in [3.8, 4) is 0 Å². The zero-order valence-corrected chi connectivity index (χ0v) is 20.1. The number of amides is 1. The van der Waals surface area contributed by atoms with Gasteiger partial charge in [0.2, 0.25) is 0 Å². The van der Waals surface area contributed by atoms with Crippen LogP contribution in [0.3, 0.4) is 0 Å². The summed E-state index contributed by atoms with van der Waals surface area (Å²) in [7, 11) is -4.05. The summed E-state index contributed by atoms with van der Waals surface area (Å²) in [5, 5.41) is 0. The molecule has 1 aromatic heterocycles. The molecule has 1 aliphatic rings. The van der Waals surface area contributed by atoms with Gasteiger partial charge < -0.3 is 9.64 Å². The van der Waals surface area contributed by atoms with Gasteiger partial charge >= 0.3 is 11.8 Å². The normalized spacial score (nSPS) is 19.0. The molecule has 0 spiro atoms. The fraction of sp³-hybridized carbons (Fsp3) is 0.500. The molecule has 0 unspecified atom stereocenters. The Morgan fingerprint density at radius 1 is 1.15 bits per heavy atom. The molecule has 10 nitrogen and oxygen atoms in total. The molecule has 1 amide bonds. The van der Waals surface area contributed by atoms with Crippen LogP contribution in [0.1, 0.15) is 44.4 Å². The standard InChI is InChI=1S/C22H29N3O7S/c1-14-6-8-18(9-7-14)33(29,30)31-13-17-10-16(12-25(17)21(28)32-22(3,4)5)24-11-15(2)19(26)23-20(24)27/h6-9,11,16-17H,10,12-13H2,1-5H3,(H,23,26,27)/t16-,17-/m1/s1. The average Bonchev–Trinajstić information content (AvgIpc) is 3.12. The van der Waals surface area contributed by atoms with E-state index in [-0.39, 0.29) is 24.5 Å². The number of ether oxygens (including phenoxy) is 1. The number of nitrogens with zero attached hydrogens (tertiary/aromatic N) is 2. The molecule has 0 aliphatic carbocycles. The quantitative estimate of drug-likeness (QED) is 0.651. The maximum absolute atomic E-state index is 12.8. The van der Waals surface area contributed by atoms with Crippen molar-refractivity contribution in [1.82, 2.24) is 14.5 Å². The number of aromatic nitrogens is 2. The van der Waals surface area contributed by atoms with E-state index in [1.54, 1.807) is 39.8 Å². The number of rotatable bonds is 5. The molecule has 0 radical (unpaired) electrons. The number of likely N-dealkylation sites (tertiary alicyclic amines) is 1. The van der Waals surface area contributed by atoms with Crippen molar-refractivity contribution in [3.63, 3.8) is 0 Å². The van der Waals surface area contributed by atoms with Crippen LogP contribution in [-0.4, -0.2) is 53.8 Å². The van der Waals surface area contributed by atoms with Crippen molar-refractivity contribution in [2.75, 3.05) is 13.2 Å². The summed E-state index contributed by atoms with van der Waals surface area (Å²) >= 11 is 0. The molecule has 11 heteroatoms. The third-order valence-electron chi connectivity index (χ3n) is 5.28. The highest BCUT2D eigenvalue weighted by Gasteiger charge is 2.39. The lowest BCUT2D eigenvalue weighted by Crippen LogP contribution is -2.42. The van der Waals surface area contributed by atoms with Gasteiger partial charge in [-0.15, -0.1) is 0 Å². The van der Waals surface area contributed by atoms with E-state index in [1.807, 2.05) is 6.92 Å². The Morgan fingerprint density at radius 2 is 1.79 bits per heavy atom. The maximum atomic E-state index is 12.8. The molecule has 1 saturated heterocycles. The minimum Gasteiger partial charge on any atom is -0.444 e. The number of hydrogen-bond acceptors (Lipinski definition) is 7. The van der Waals surface area contributed by atoms with Crippen LogP contribution >= 0.6 is 0 Å². The van der Waals surface area contributed by atoms with E-state index in [1.165, 1.54) is 27.8 Å². The highest BCUT2D eigenvalue weighted by atomic mass is 32.2. The van der Waals surface area contributed by atoms with E-state index in [4.69, 9.17) is 8.92 Å². The number of H-pyrrole nitrogens is 1. The second kappa shape index (κ2) is 9.14. The first-order valence-electron chi connectivity index (χ1n) is 10.5. The predicted molar refractivity (Wildman–Crippen MR) is 121 cm³/mol. The second-order valence-electron chi connectivity index (χ2n) is 9.21. The van der Waals surface area contributed by atoms with Gasteiger partial charge in [0.25, 0.3) is 15.7 Å². The van der Waals surface area contributed by atoms with Gasteiger partial charge in [0.1, 0.15) is 5.60 Å². The number of aromatic amines is 1. The van der Waals surface area contributed by atoms with Crippen molar-refractivity contribution in [2.45, 2.75) is 63.6 Å². The van der Waals surface area contributed by atoms with Gasteiger partial charge in [-0.1, -0.05) is 17.7 Å². The molecular weight excluding hydrogens is 450 g/mol. The highest BCUT2D eigenvalue weighted by molar-refractivity contribution is 7.86. The lowest BCUT2D eigenvalue weighted by atomic mass is 10.2. The molecule has 1 N–H and O–H groups in total. The van der Waals surface area contributed by atoms with Crippen LogP contribution in [0.2, 0.25) is 0 Å². The van der Waals surface area contributed by atoms with Gasteiger partial charge in [0, 0.05) is 18.3 Å². The summed E-state index contributed by atoms with van der Waals surface area (Å²) in [6, 6.07) is 5.09. The fourth-order valence-electron chi connectivity index (χ4n) is 3.59. The third kappa shape index (κ3) is 5.91. The molecule has 0 bridgehead atoms. The summed E-state index contributed by atoms with van der Waals surface area (Å²) < 4.78 is 37.4. The Morgan fingerprint density at radius 3 is 2.39 bits per heavy atom. The fourth-order valence-corrected chi connectivity index (χ4v) is 4.54. The van der Waals surface area contributed by atoms with Crippen molar-refractivity contribution >= 4 is 16.2 Å². The molecule has 33 heavy (non-hydrogen) atoms. The lowest BCUT2D eigenvalue weighted by Gasteiger charge is -2.28. The van der Waals surface area contributed by atoms with Crippen LogP contribution in [0.25, 0.3) is 0 Å². The molecule has 180 valence electrons. The van der Waals surface area contributed by atoms with Gasteiger partial charge in [0.15, 0.2) is 0 Å². The smallest absolute Gasteiger partial charge is 0.410 e. The number of nitrogens with one attached hydrogen (secondary N) is 1. The van der Waals surface area contributed by atoms with E-state index in [9.17, 15) is 22.8 Å². The minimum atomic E-state index is -4.05. The summed E-state index contributed by atoms with van der Waals surface area (Å²) in [6.07, 6.45) is 1.04. The molecule has 0 saturated carbocycles. The molecule has 1 fully saturated rings. The summed E-state index contributed by atoms with van der Waals surface area (Å²) in [5.41, 5.74) is -0.596. The average molecular weight is 480 g/mol. The monoisotopic (exact) mass is 479 g/mol. The van der Waals surface area contributed by atoms with Crippen LogP contribution in [0.4, 0.5) is 4.79 Å². The highest BCUT2D eigenvalue weighted by Crippen LogP contribution is 2.29. The predicted octanol–water partition coefficient (Wildman–Crippen LogP) is 2.11. The van der Waals surface area contributed by atoms with Crippen molar-refractivity contribution < 1.29 is 22.1 Å². The Bertz CT molecular complexity index is 1240. The van der Waals surface area contributed by atoms with Crippen LogP contribution in [0, 0.1) is 13.8 Å². The van der Waals surface area contributed by atoms with Crippen LogP contribution < -0.4 is 11.2 Å². The Labute approximate surface area is 192 Å². The summed E-state index contributed by atoms with van der Waals surface area (Å²) in [4.78, 5) is 40.6. The van der Waals surface area contributed by atoms with Gasteiger partial charge in [-0.2, -0.15) is 8.42 Å². The van der Waals surface area contributed by atoms with Gasteiger partial charge in [0.05, 0.1) is 23.6 Å². The molecule has 1 aromatic carbocycles. The van der Waals surface area contributed by atoms with Crippen molar-refractivity contribution in [1.29, 1.82) is 0 Å².